The summed E-state index contributed by atoms with van der Waals surface area (Å²) in [4.78, 5) is 8.61. The van der Waals surface area contributed by atoms with Gasteiger partial charge >= 0.3 is 0 Å². The summed E-state index contributed by atoms with van der Waals surface area (Å²) in [5.41, 5.74) is 1.12. The Bertz CT molecular complexity index is 280. The molecular weight excluding hydrogens is 194 g/mol. The zero-order valence-electron chi connectivity index (χ0n) is 8.36. The molecule has 1 aromatic rings. The van der Waals surface area contributed by atoms with E-state index in [-0.39, 0.29) is 0 Å². The molecule has 1 aliphatic rings. The van der Waals surface area contributed by atoms with Gasteiger partial charge in [-0.05, 0) is 38.4 Å². The van der Waals surface area contributed by atoms with Crippen molar-refractivity contribution in [3.05, 3.63) is 18.0 Å². The maximum atomic E-state index is 4.30. The second-order valence-corrected chi connectivity index (χ2v) is 4.88. The van der Waals surface area contributed by atoms with Gasteiger partial charge in [0.1, 0.15) is 0 Å². The lowest BCUT2D eigenvalue weighted by Crippen LogP contribution is -2.29. The fraction of sp³-hybridized carbons (Fsp3) is 0.600. The molecule has 0 bridgehead atoms. The topological polar surface area (TPSA) is 37.8 Å². The van der Waals surface area contributed by atoms with Crippen LogP contribution >= 0.6 is 11.8 Å². The first-order chi connectivity index (χ1) is 6.84. The first-order valence-electron chi connectivity index (χ1n) is 5.00. The molecule has 0 spiro atoms. The van der Waals surface area contributed by atoms with Gasteiger partial charge in [-0.2, -0.15) is 0 Å². The Kier molecular flexibility index (Phi) is 3.37. The van der Waals surface area contributed by atoms with E-state index in [4.69, 9.17) is 0 Å². The lowest BCUT2D eigenvalue weighted by atomic mass is 10.2. The predicted molar refractivity (Wildman–Crippen MR) is 58.5 cm³/mol. The molecule has 2 rings (SSSR count). The van der Waals surface area contributed by atoms with E-state index >= 15 is 0 Å². The smallest absolute Gasteiger partial charge is 0.187 e. The molecule has 1 aromatic heterocycles. The highest BCUT2D eigenvalue weighted by atomic mass is 32.2. The normalized spacial score (nSPS) is 18.4. The third-order valence-corrected chi connectivity index (χ3v) is 3.54. The van der Waals surface area contributed by atoms with Gasteiger partial charge in [-0.15, -0.1) is 0 Å². The van der Waals surface area contributed by atoms with Crippen LogP contribution in [0.5, 0.6) is 0 Å². The van der Waals surface area contributed by atoms with Gasteiger partial charge in [-0.1, -0.05) is 11.8 Å². The number of thioether (sulfide) groups is 1. The molecule has 76 valence electrons. The molecule has 2 heterocycles. The van der Waals surface area contributed by atoms with Crippen molar-refractivity contribution >= 4 is 11.8 Å². The number of aromatic nitrogens is 2. The first kappa shape index (κ1) is 9.93. The fourth-order valence-electron chi connectivity index (χ4n) is 1.50. The quantitative estimate of drug-likeness (QED) is 0.751. The second-order valence-electron chi connectivity index (χ2n) is 3.61. The van der Waals surface area contributed by atoms with Crippen molar-refractivity contribution in [1.29, 1.82) is 0 Å². The van der Waals surface area contributed by atoms with Crippen molar-refractivity contribution in [3.63, 3.8) is 0 Å². The molecule has 3 nitrogen and oxygen atoms in total. The number of nitrogens with zero attached hydrogens (tertiary/aromatic N) is 2. The fourth-order valence-corrected chi connectivity index (χ4v) is 2.50. The van der Waals surface area contributed by atoms with Crippen LogP contribution in [0.25, 0.3) is 0 Å². The highest BCUT2D eigenvalue weighted by Crippen LogP contribution is 2.25. The van der Waals surface area contributed by atoms with Crippen molar-refractivity contribution in [2.75, 3.05) is 13.1 Å². The maximum absolute atomic E-state index is 4.30. The minimum atomic E-state index is 0.693. The average molecular weight is 209 g/mol. The van der Waals surface area contributed by atoms with Crippen molar-refractivity contribution in [3.8, 4) is 0 Å². The Hall–Kier alpha value is -0.610. The van der Waals surface area contributed by atoms with Gasteiger partial charge in [-0.3, -0.25) is 0 Å². The van der Waals surface area contributed by atoms with Crippen LogP contribution in [-0.2, 0) is 0 Å². The van der Waals surface area contributed by atoms with E-state index < -0.39 is 0 Å². The lowest BCUT2D eigenvalue weighted by molar-refractivity contribution is 0.531. The van der Waals surface area contributed by atoms with Gasteiger partial charge in [0.15, 0.2) is 5.16 Å². The van der Waals surface area contributed by atoms with Gasteiger partial charge in [0.25, 0.3) is 0 Å². The van der Waals surface area contributed by atoms with E-state index in [1.165, 1.54) is 12.8 Å². The van der Waals surface area contributed by atoms with Crippen LogP contribution in [0, 0.1) is 6.92 Å². The Morgan fingerprint density at radius 1 is 1.29 bits per heavy atom. The summed E-state index contributed by atoms with van der Waals surface area (Å²) in [6.07, 6.45) is 6.22. The van der Waals surface area contributed by atoms with Crippen LogP contribution < -0.4 is 5.32 Å². The largest absolute Gasteiger partial charge is 0.317 e. The van der Waals surface area contributed by atoms with Crippen molar-refractivity contribution < 1.29 is 0 Å². The number of rotatable bonds is 2. The monoisotopic (exact) mass is 209 g/mol. The van der Waals surface area contributed by atoms with E-state index in [1.807, 2.05) is 31.1 Å². The van der Waals surface area contributed by atoms with Gasteiger partial charge in [0, 0.05) is 17.6 Å². The molecule has 0 saturated carbocycles. The van der Waals surface area contributed by atoms with Crippen LogP contribution in [0.2, 0.25) is 0 Å². The molecular formula is C10H15N3S. The van der Waals surface area contributed by atoms with Crippen molar-refractivity contribution in [2.24, 2.45) is 0 Å². The van der Waals surface area contributed by atoms with Gasteiger partial charge in [0.2, 0.25) is 0 Å². The minimum absolute atomic E-state index is 0.693. The Morgan fingerprint density at radius 2 is 1.93 bits per heavy atom. The Labute approximate surface area is 88.7 Å². The molecule has 1 N–H and O–H groups in total. The van der Waals surface area contributed by atoms with Crippen LogP contribution in [0.15, 0.2) is 17.6 Å². The summed E-state index contributed by atoms with van der Waals surface area (Å²) in [6, 6.07) is 0. The Morgan fingerprint density at radius 3 is 2.57 bits per heavy atom. The van der Waals surface area contributed by atoms with E-state index in [9.17, 15) is 0 Å². The van der Waals surface area contributed by atoms with Crippen LogP contribution in [0.3, 0.4) is 0 Å². The third-order valence-electron chi connectivity index (χ3n) is 2.32. The molecule has 0 radical (unpaired) electrons. The molecule has 1 fully saturated rings. The van der Waals surface area contributed by atoms with E-state index in [0.29, 0.717) is 5.25 Å². The van der Waals surface area contributed by atoms with E-state index in [0.717, 1.165) is 23.8 Å². The highest BCUT2D eigenvalue weighted by molar-refractivity contribution is 7.99. The van der Waals surface area contributed by atoms with Gasteiger partial charge in [-0.25, -0.2) is 9.97 Å². The molecule has 1 aliphatic heterocycles. The summed E-state index contributed by atoms with van der Waals surface area (Å²) in [6.45, 7) is 4.27. The van der Waals surface area contributed by atoms with E-state index in [1.54, 1.807) is 0 Å². The summed E-state index contributed by atoms with van der Waals surface area (Å²) in [5.74, 6) is 0. The standard InChI is InChI=1S/C10H15N3S/c1-8-6-12-10(13-7-8)14-9-2-4-11-5-3-9/h6-7,9,11H,2-5H2,1H3. The number of hydrogen-bond acceptors (Lipinski definition) is 4. The van der Waals surface area contributed by atoms with Crippen LogP contribution in [0.1, 0.15) is 18.4 Å². The average Bonchev–Trinajstić information content (AvgIpc) is 2.23. The summed E-state index contributed by atoms with van der Waals surface area (Å²) < 4.78 is 0. The van der Waals surface area contributed by atoms with E-state index in [2.05, 4.69) is 15.3 Å². The third kappa shape index (κ3) is 2.69. The number of aryl methyl sites for hydroxylation is 1. The second kappa shape index (κ2) is 4.75. The molecule has 1 saturated heterocycles. The number of nitrogens with one attached hydrogen (secondary N) is 1. The number of piperidine rings is 1. The molecule has 0 aromatic carbocycles. The molecule has 14 heavy (non-hydrogen) atoms. The molecule has 0 atom stereocenters. The van der Waals surface area contributed by atoms with Crippen molar-refractivity contribution in [1.82, 2.24) is 15.3 Å². The van der Waals surface area contributed by atoms with Gasteiger partial charge < -0.3 is 5.32 Å². The molecule has 0 aliphatic carbocycles. The maximum Gasteiger partial charge on any atom is 0.187 e. The SMILES string of the molecule is Cc1cnc(SC2CCNCC2)nc1. The van der Waals surface area contributed by atoms with Crippen LogP contribution in [-0.4, -0.2) is 28.3 Å². The summed E-state index contributed by atoms with van der Waals surface area (Å²) >= 11 is 1.81. The molecule has 0 unspecified atom stereocenters. The van der Waals surface area contributed by atoms with Gasteiger partial charge in [0.05, 0.1) is 0 Å². The zero-order chi connectivity index (χ0) is 9.80. The predicted octanol–water partition coefficient (Wildman–Crippen LogP) is 1.63. The molecule has 4 heteroatoms. The minimum Gasteiger partial charge on any atom is -0.317 e. The zero-order valence-corrected chi connectivity index (χ0v) is 9.18. The van der Waals surface area contributed by atoms with Crippen LogP contribution in [0.4, 0.5) is 0 Å². The Balaban J connectivity index is 1.92. The first-order valence-corrected chi connectivity index (χ1v) is 5.88. The summed E-state index contributed by atoms with van der Waals surface area (Å²) in [5, 5.41) is 4.97. The summed E-state index contributed by atoms with van der Waals surface area (Å²) in [7, 11) is 0. The lowest BCUT2D eigenvalue weighted by Gasteiger charge is -2.20. The van der Waals surface area contributed by atoms with Crippen molar-refractivity contribution in [2.45, 2.75) is 30.2 Å². The highest BCUT2D eigenvalue weighted by Gasteiger charge is 2.15. The molecule has 0 amide bonds. The number of hydrogen-bond donors (Lipinski definition) is 1.